The van der Waals surface area contributed by atoms with Crippen LogP contribution in [0, 0.1) is 5.82 Å². The van der Waals surface area contributed by atoms with Crippen LogP contribution in [0.1, 0.15) is 24.5 Å². The summed E-state index contributed by atoms with van der Waals surface area (Å²) in [5.41, 5.74) is 2.22. The van der Waals surface area contributed by atoms with Crippen LogP contribution in [0.15, 0.2) is 24.3 Å². The van der Waals surface area contributed by atoms with Crippen molar-refractivity contribution in [3.63, 3.8) is 0 Å². The van der Waals surface area contributed by atoms with Crippen LogP contribution in [0.3, 0.4) is 0 Å². The van der Waals surface area contributed by atoms with Gasteiger partial charge in [-0.2, -0.15) is 0 Å². The molecule has 1 aliphatic heterocycles. The van der Waals surface area contributed by atoms with Crippen molar-refractivity contribution in [2.45, 2.75) is 25.9 Å². The van der Waals surface area contributed by atoms with Gasteiger partial charge in [0, 0.05) is 6.08 Å². The number of epoxide rings is 1. The third-order valence-electron chi connectivity index (χ3n) is 3.31. The summed E-state index contributed by atoms with van der Waals surface area (Å²) in [6, 6.07) is 4.42. The van der Waals surface area contributed by atoms with E-state index < -0.39 is 5.97 Å². The molecule has 21 heavy (non-hydrogen) atoms. The summed E-state index contributed by atoms with van der Waals surface area (Å²) in [6.45, 7) is 3.63. The number of hydrogen-bond donors (Lipinski definition) is 1. The number of halogens is 1. The second-order valence-electron chi connectivity index (χ2n) is 4.94. The van der Waals surface area contributed by atoms with Crippen LogP contribution >= 0.6 is 0 Å². The Labute approximate surface area is 123 Å². The molecule has 1 aromatic rings. The molecule has 4 nitrogen and oxygen atoms in total. The number of allylic oxidation sites excluding steroid dienone is 1. The Kier molecular flexibility index (Phi) is 5.47. The molecule has 1 saturated heterocycles. The van der Waals surface area contributed by atoms with Gasteiger partial charge in [0.25, 0.3) is 0 Å². The van der Waals surface area contributed by atoms with Crippen molar-refractivity contribution >= 4 is 11.5 Å². The van der Waals surface area contributed by atoms with Crippen molar-refractivity contribution < 1.29 is 23.8 Å². The van der Waals surface area contributed by atoms with Gasteiger partial charge in [-0.05, 0) is 41.7 Å². The van der Waals surface area contributed by atoms with E-state index in [2.05, 4.69) is 0 Å². The summed E-state index contributed by atoms with van der Waals surface area (Å²) in [5.74, 6) is -1.32. The Morgan fingerprint density at radius 1 is 1.57 bits per heavy atom. The minimum Gasteiger partial charge on any atom is -0.478 e. The number of ether oxygens (including phenoxy) is 2. The molecule has 0 amide bonds. The Morgan fingerprint density at radius 3 is 2.95 bits per heavy atom. The van der Waals surface area contributed by atoms with Gasteiger partial charge in [-0.15, -0.1) is 0 Å². The number of rotatable bonds is 8. The Balaban J connectivity index is 2.09. The fourth-order valence-corrected chi connectivity index (χ4v) is 2.16. The largest absolute Gasteiger partial charge is 0.478 e. The van der Waals surface area contributed by atoms with E-state index in [0.29, 0.717) is 31.6 Å². The van der Waals surface area contributed by atoms with Crippen molar-refractivity contribution in [3.05, 3.63) is 41.2 Å². The predicted octanol–water partition coefficient (Wildman–Crippen LogP) is 2.66. The molecular formula is C16H19FO4. The van der Waals surface area contributed by atoms with Crippen LogP contribution in [0.25, 0.3) is 5.57 Å². The summed E-state index contributed by atoms with van der Waals surface area (Å²) in [7, 11) is 0. The summed E-state index contributed by atoms with van der Waals surface area (Å²) >= 11 is 0. The Bertz CT molecular complexity index is 535. The van der Waals surface area contributed by atoms with E-state index in [1.54, 1.807) is 6.07 Å². The maximum atomic E-state index is 13.4. The minimum atomic E-state index is -0.996. The molecule has 0 aliphatic carbocycles. The van der Waals surface area contributed by atoms with Crippen LogP contribution < -0.4 is 0 Å². The second kappa shape index (κ2) is 7.33. The van der Waals surface area contributed by atoms with Crippen molar-refractivity contribution in [3.8, 4) is 0 Å². The first-order chi connectivity index (χ1) is 10.1. The molecule has 1 heterocycles. The Hall–Kier alpha value is -1.72. The molecule has 5 heteroatoms. The first-order valence-electron chi connectivity index (χ1n) is 7.01. The lowest BCUT2D eigenvalue weighted by Crippen LogP contribution is -2.07. The van der Waals surface area contributed by atoms with Gasteiger partial charge < -0.3 is 14.6 Å². The highest BCUT2D eigenvalue weighted by molar-refractivity contribution is 5.90. The van der Waals surface area contributed by atoms with Gasteiger partial charge in [0.2, 0.25) is 0 Å². The van der Waals surface area contributed by atoms with Gasteiger partial charge in [-0.1, -0.05) is 13.0 Å². The fourth-order valence-electron chi connectivity index (χ4n) is 2.16. The standard InChI is InChI=1S/C16H19FO4/c1-2-11(8-16(18)19)15-4-3-13(17)7-12(15)5-6-20-9-14-10-21-14/h3-4,7-8,14H,2,5-6,9-10H2,1H3,(H,18,19)/b11-8+/t14-/m0/s1. The average Bonchev–Trinajstić information content (AvgIpc) is 3.25. The fraction of sp³-hybridized carbons (Fsp3) is 0.438. The molecule has 1 fully saturated rings. The van der Waals surface area contributed by atoms with E-state index in [4.69, 9.17) is 14.6 Å². The number of aliphatic carboxylic acids is 1. The molecule has 1 atom stereocenters. The lowest BCUT2D eigenvalue weighted by Gasteiger charge is -2.12. The zero-order valence-corrected chi connectivity index (χ0v) is 12.0. The van der Waals surface area contributed by atoms with Gasteiger partial charge in [0.1, 0.15) is 11.9 Å². The molecule has 114 valence electrons. The molecule has 1 N–H and O–H groups in total. The number of carbonyl (C=O) groups is 1. The van der Waals surface area contributed by atoms with Crippen LogP contribution in [0.5, 0.6) is 0 Å². The van der Waals surface area contributed by atoms with Gasteiger partial charge >= 0.3 is 5.97 Å². The van der Waals surface area contributed by atoms with E-state index >= 15 is 0 Å². The van der Waals surface area contributed by atoms with Crippen molar-refractivity contribution in [2.75, 3.05) is 19.8 Å². The maximum absolute atomic E-state index is 13.4. The SMILES string of the molecule is CC/C(=C\C(=O)O)c1ccc(F)cc1CCOC[C@H]1CO1. The van der Waals surface area contributed by atoms with Crippen LogP contribution in [-0.4, -0.2) is 37.0 Å². The normalized spacial score (nSPS) is 17.8. The highest BCUT2D eigenvalue weighted by Gasteiger charge is 2.22. The molecule has 0 bridgehead atoms. The monoisotopic (exact) mass is 294 g/mol. The predicted molar refractivity (Wildman–Crippen MR) is 76.6 cm³/mol. The summed E-state index contributed by atoms with van der Waals surface area (Å²) < 4.78 is 23.9. The van der Waals surface area contributed by atoms with E-state index in [9.17, 15) is 9.18 Å². The molecule has 0 aromatic heterocycles. The van der Waals surface area contributed by atoms with Gasteiger partial charge in [-0.25, -0.2) is 9.18 Å². The van der Waals surface area contributed by atoms with Gasteiger partial charge in [0.15, 0.2) is 0 Å². The summed E-state index contributed by atoms with van der Waals surface area (Å²) in [4.78, 5) is 10.9. The van der Waals surface area contributed by atoms with Crippen molar-refractivity contribution in [2.24, 2.45) is 0 Å². The number of carboxylic acid groups (broad SMARTS) is 1. The highest BCUT2D eigenvalue weighted by atomic mass is 19.1. The Morgan fingerprint density at radius 2 is 2.33 bits per heavy atom. The highest BCUT2D eigenvalue weighted by Crippen LogP contribution is 2.24. The molecule has 0 spiro atoms. The third-order valence-corrected chi connectivity index (χ3v) is 3.31. The zero-order valence-electron chi connectivity index (χ0n) is 12.0. The topological polar surface area (TPSA) is 59.1 Å². The summed E-state index contributed by atoms with van der Waals surface area (Å²) in [5, 5.41) is 8.91. The second-order valence-corrected chi connectivity index (χ2v) is 4.94. The van der Waals surface area contributed by atoms with Crippen LogP contribution in [0.2, 0.25) is 0 Å². The zero-order chi connectivity index (χ0) is 15.2. The van der Waals surface area contributed by atoms with Gasteiger partial charge in [-0.3, -0.25) is 0 Å². The van der Waals surface area contributed by atoms with Crippen molar-refractivity contribution in [1.29, 1.82) is 0 Å². The molecule has 2 rings (SSSR count). The molecule has 0 saturated carbocycles. The number of benzene rings is 1. The first-order valence-corrected chi connectivity index (χ1v) is 7.01. The van der Waals surface area contributed by atoms with Crippen LogP contribution in [-0.2, 0) is 20.7 Å². The number of hydrogen-bond acceptors (Lipinski definition) is 3. The van der Waals surface area contributed by atoms with Gasteiger partial charge in [0.05, 0.1) is 19.8 Å². The van der Waals surface area contributed by atoms with E-state index in [1.165, 1.54) is 18.2 Å². The molecule has 1 aliphatic rings. The quantitative estimate of drug-likeness (QED) is 0.455. The summed E-state index contributed by atoms with van der Waals surface area (Å²) in [6.07, 6.45) is 2.49. The molecule has 1 aromatic carbocycles. The van der Waals surface area contributed by atoms with E-state index in [1.807, 2.05) is 6.92 Å². The van der Waals surface area contributed by atoms with Crippen LogP contribution in [0.4, 0.5) is 4.39 Å². The first kappa shape index (κ1) is 15.7. The lowest BCUT2D eigenvalue weighted by molar-refractivity contribution is -0.131. The maximum Gasteiger partial charge on any atom is 0.328 e. The lowest BCUT2D eigenvalue weighted by atomic mass is 9.95. The van der Waals surface area contributed by atoms with E-state index in [-0.39, 0.29) is 11.9 Å². The van der Waals surface area contributed by atoms with E-state index in [0.717, 1.165) is 17.7 Å². The molecule has 0 unspecified atom stereocenters. The molecule has 0 radical (unpaired) electrons. The van der Waals surface area contributed by atoms with Crippen molar-refractivity contribution in [1.82, 2.24) is 0 Å². The average molecular weight is 294 g/mol. The smallest absolute Gasteiger partial charge is 0.328 e. The third kappa shape index (κ3) is 4.95. The molecular weight excluding hydrogens is 275 g/mol. The minimum absolute atomic E-state index is 0.204. The number of carboxylic acids is 1.